The second kappa shape index (κ2) is 7.98. The largest absolute Gasteiger partial charge is 0.493 e. The third-order valence-electron chi connectivity index (χ3n) is 4.13. The summed E-state index contributed by atoms with van der Waals surface area (Å²) in [6, 6.07) is 16.5. The number of rotatable bonds is 6. The summed E-state index contributed by atoms with van der Waals surface area (Å²) in [7, 11) is -0.384. The first-order chi connectivity index (χ1) is 10.9. The molecule has 0 atom stereocenters. The number of halogens is 1. The third-order valence-corrected chi connectivity index (χ3v) is 7.47. The van der Waals surface area contributed by atoms with Gasteiger partial charge in [0.2, 0.25) is 0 Å². The van der Waals surface area contributed by atoms with Crippen molar-refractivity contribution in [3.05, 3.63) is 64.1 Å². The fourth-order valence-corrected chi connectivity index (χ4v) is 2.70. The van der Waals surface area contributed by atoms with E-state index in [0.717, 1.165) is 22.4 Å². The molecule has 1 radical (unpaired) electrons. The minimum Gasteiger partial charge on any atom is -0.493 e. The molecule has 0 heterocycles. The zero-order valence-corrected chi connectivity index (χ0v) is 16.9. The number of benzene rings is 2. The standard InChI is InChI=1S/C20H24BrOSi/c1-20(2,23(3)4)15-22-19-10-6-8-17(14-19)12-11-16-7-5-9-18(21)13-16/h5-14H,15H2,1-4H3/b12-11+. The van der Waals surface area contributed by atoms with Crippen molar-refractivity contribution in [2.24, 2.45) is 0 Å². The predicted molar refractivity (Wildman–Crippen MR) is 107 cm³/mol. The number of hydrogen-bond acceptors (Lipinski definition) is 1. The molecule has 0 aromatic heterocycles. The molecule has 0 bridgehead atoms. The van der Waals surface area contributed by atoms with E-state index in [1.807, 2.05) is 24.3 Å². The Morgan fingerprint density at radius 1 is 1.00 bits per heavy atom. The van der Waals surface area contributed by atoms with Crippen molar-refractivity contribution >= 4 is 36.9 Å². The minimum atomic E-state index is -0.384. The van der Waals surface area contributed by atoms with Gasteiger partial charge in [-0.25, -0.2) is 0 Å². The highest BCUT2D eigenvalue weighted by molar-refractivity contribution is 9.10. The lowest BCUT2D eigenvalue weighted by atomic mass is 10.1. The van der Waals surface area contributed by atoms with E-state index in [2.05, 4.69) is 79.3 Å². The minimum absolute atomic E-state index is 0.271. The summed E-state index contributed by atoms with van der Waals surface area (Å²) in [6.07, 6.45) is 4.24. The molecule has 1 nitrogen and oxygen atoms in total. The summed E-state index contributed by atoms with van der Waals surface area (Å²) in [5.74, 6) is 0.942. The SMILES string of the molecule is C[Si](C)C(C)(C)COc1cccc(/C=C/c2cccc(Br)c2)c1. The van der Waals surface area contributed by atoms with Gasteiger partial charge in [-0.15, -0.1) is 0 Å². The van der Waals surface area contributed by atoms with Gasteiger partial charge in [-0.2, -0.15) is 0 Å². The van der Waals surface area contributed by atoms with Gasteiger partial charge in [0.1, 0.15) is 5.75 Å². The normalized spacial score (nSPS) is 12.1. The molecule has 0 N–H and O–H groups in total. The first kappa shape index (κ1) is 18.0. The Bertz CT molecular complexity index is 677. The van der Waals surface area contributed by atoms with E-state index >= 15 is 0 Å². The predicted octanol–water partition coefficient (Wildman–Crippen LogP) is 6.53. The molecule has 121 valence electrons. The van der Waals surface area contributed by atoms with E-state index < -0.39 is 0 Å². The molecule has 0 aliphatic heterocycles. The quantitative estimate of drug-likeness (QED) is 0.404. The van der Waals surface area contributed by atoms with E-state index in [0.29, 0.717) is 0 Å². The Labute approximate surface area is 150 Å². The first-order valence-corrected chi connectivity index (χ1v) is 11.1. The highest BCUT2D eigenvalue weighted by Gasteiger charge is 2.24. The summed E-state index contributed by atoms with van der Waals surface area (Å²) >= 11 is 3.50. The average Bonchev–Trinajstić information content (AvgIpc) is 2.51. The molecule has 0 saturated carbocycles. The van der Waals surface area contributed by atoms with Gasteiger partial charge in [0, 0.05) is 4.47 Å². The second-order valence-corrected chi connectivity index (χ2v) is 10.9. The summed E-state index contributed by atoms with van der Waals surface area (Å²) < 4.78 is 7.12. The molecule has 2 rings (SSSR count). The van der Waals surface area contributed by atoms with Gasteiger partial charge >= 0.3 is 0 Å². The third kappa shape index (κ3) is 5.67. The maximum atomic E-state index is 6.03. The van der Waals surface area contributed by atoms with Crippen LogP contribution >= 0.6 is 15.9 Å². The molecule has 2 aromatic carbocycles. The van der Waals surface area contributed by atoms with Crippen LogP contribution < -0.4 is 4.74 Å². The van der Waals surface area contributed by atoms with E-state index in [1.54, 1.807) is 0 Å². The summed E-state index contributed by atoms with van der Waals surface area (Å²) in [6.45, 7) is 10.0. The van der Waals surface area contributed by atoms with Crippen LogP contribution in [0.25, 0.3) is 12.2 Å². The summed E-state index contributed by atoms with van der Waals surface area (Å²) in [5.41, 5.74) is 2.33. The van der Waals surface area contributed by atoms with E-state index in [-0.39, 0.29) is 13.8 Å². The molecule has 0 aliphatic carbocycles. The van der Waals surface area contributed by atoms with Crippen LogP contribution in [0.2, 0.25) is 18.1 Å². The van der Waals surface area contributed by atoms with Crippen LogP contribution in [0.3, 0.4) is 0 Å². The van der Waals surface area contributed by atoms with Crippen LogP contribution in [-0.2, 0) is 0 Å². The van der Waals surface area contributed by atoms with Crippen molar-refractivity contribution in [2.75, 3.05) is 6.61 Å². The number of ether oxygens (including phenoxy) is 1. The molecule has 2 aromatic rings. The van der Waals surface area contributed by atoms with Gasteiger partial charge in [-0.1, -0.05) is 79.3 Å². The Kier molecular flexibility index (Phi) is 6.25. The van der Waals surface area contributed by atoms with Crippen LogP contribution in [0, 0.1) is 0 Å². The van der Waals surface area contributed by atoms with Gasteiger partial charge in [0.05, 0.1) is 15.4 Å². The van der Waals surface area contributed by atoms with Crippen molar-refractivity contribution < 1.29 is 4.74 Å². The Balaban J connectivity index is 2.05. The van der Waals surface area contributed by atoms with Gasteiger partial charge in [0.15, 0.2) is 0 Å². The van der Waals surface area contributed by atoms with E-state index in [9.17, 15) is 0 Å². The molecule has 0 saturated heterocycles. The average molecular weight is 388 g/mol. The summed E-state index contributed by atoms with van der Waals surface area (Å²) in [4.78, 5) is 0. The topological polar surface area (TPSA) is 9.23 Å². The maximum Gasteiger partial charge on any atom is 0.119 e. The lowest BCUT2D eigenvalue weighted by Crippen LogP contribution is -2.27. The zero-order valence-electron chi connectivity index (χ0n) is 14.3. The molecular formula is C20H24BrOSi. The fraction of sp³-hybridized carbons (Fsp3) is 0.300. The fourth-order valence-electron chi connectivity index (χ4n) is 1.92. The smallest absolute Gasteiger partial charge is 0.119 e. The van der Waals surface area contributed by atoms with Gasteiger partial charge in [-0.05, 0) is 40.4 Å². The van der Waals surface area contributed by atoms with Crippen LogP contribution in [0.5, 0.6) is 5.75 Å². The van der Waals surface area contributed by atoms with Crippen molar-refractivity contribution in [3.8, 4) is 5.75 Å². The van der Waals surface area contributed by atoms with Gasteiger partial charge < -0.3 is 4.74 Å². The summed E-state index contributed by atoms with van der Waals surface area (Å²) in [5, 5.41) is 0.271. The van der Waals surface area contributed by atoms with Gasteiger partial charge in [-0.3, -0.25) is 0 Å². The monoisotopic (exact) mass is 387 g/mol. The van der Waals surface area contributed by atoms with Crippen LogP contribution in [-0.4, -0.2) is 15.4 Å². The van der Waals surface area contributed by atoms with Crippen LogP contribution in [0.4, 0.5) is 0 Å². The van der Waals surface area contributed by atoms with Crippen LogP contribution in [0.15, 0.2) is 53.0 Å². The first-order valence-electron chi connectivity index (χ1n) is 7.84. The second-order valence-electron chi connectivity index (χ2n) is 6.63. The molecule has 0 aliphatic rings. The molecule has 23 heavy (non-hydrogen) atoms. The van der Waals surface area contributed by atoms with E-state index in [1.165, 1.54) is 5.56 Å². The lowest BCUT2D eigenvalue weighted by Gasteiger charge is -2.27. The van der Waals surface area contributed by atoms with E-state index in [4.69, 9.17) is 4.74 Å². The highest BCUT2D eigenvalue weighted by atomic mass is 79.9. The molecule has 0 spiro atoms. The molecular weight excluding hydrogens is 364 g/mol. The molecule has 0 fully saturated rings. The van der Waals surface area contributed by atoms with Gasteiger partial charge in [0.25, 0.3) is 0 Å². The Morgan fingerprint density at radius 2 is 1.61 bits per heavy atom. The Morgan fingerprint density at radius 3 is 2.22 bits per heavy atom. The Hall–Kier alpha value is -1.32. The van der Waals surface area contributed by atoms with Crippen molar-refractivity contribution in [3.63, 3.8) is 0 Å². The van der Waals surface area contributed by atoms with Crippen molar-refractivity contribution in [1.82, 2.24) is 0 Å². The lowest BCUT2D eigenvalue weighted by molar-refractivity contribution is 0.276. The maximum absolute atomic E-state index is 6.03. The van der Waals surface area contributed by atoms with Crippen molar-refractivity contribution in [2.45, 2.75) is 32.0 Å². The molecule has 0 unspecified atom stereocenters. The zero-order chi connectivity index (χ0) is 16.9. The highest BCUT2D eigenvalue weighted by Crippen LogP contribution is 2.29. The van der Waals surface area contributed by atoms with Crippen molar-refractivity contribution in [1.29, 1.82) is 0 Å². The number of hydrogen-bond donors (Lipinski definition) is 0. The van der Waals surface area contributed by atoms with Crippen LogP contribution in [0.1, 0.15) is 25.0 Å². The molecule has 0 amide bonds. The molecule has 3 heteroatoms.